The van der Waals surface area contributed by atoms with Gasteiger partial charge < -0.3 is 0 Å². The van der Waals surface area contributed by atoms with Crippen molar-refractivity contribution in [3.05, 3.63) is 0 Å². The van der Waals surface area contributed by atoms with Crippen LogP contribution >= 0.6 is 0 Å². The summed E-state index contributed by atoms with van der Waals surface area (Å²) in [5, 5.41) is 0. The molecular formula is Cu3SiTa. The largest absolute Gasteiger partial charge is 0 e. The van der Waals surface area contributed by atoms with Crippen LogP contribution in [-0.4, -0.2) is 11.0 Å². The summed E-state index contributed by atoms with van der Waals surface area (Å²) < 4.78 is 0. The molecule has 5 heteroatoms. The van der Waals surface area contributed by atoms with Crippen molar-refractivity contribution in [2.45, 2.75) is 0 Å². The fourth-order valence-corrected chi connectivity index (χ4v) is 0. The molecule has 0 rings (SSSR count). The van der Waals surface area contributed by atoms with Gasteiger partial charge >= 0.3 is 0 Å². The van der Waals surface area contributed by atoms with E-state index in [1.54, 1.807) is 0 Å². The first-order valence-corrected chi connectivity index (χ1v) is 0. The summed E-state index contributed by atoms with van der Waals surface area (Å²) in [5.74, 6) is 0. The molecule has 5 heavy (non-hydrogen) atoms. The molecule has 0 nitrogen and oxygen atoms in total. The van der Waals surface area contributed by atoms with Gasteiger partial charge in [-0.1, -0.05) is 0 Å². The fraction of sp³-hybridized carbons (Fsp3) is 0. The fourth-order valence-electron chi connectivity index (χ4n) is 0. The van der Waals surface area contributed by atoms with Crippen molar-refractivity contribution in [2.75, 3.05) is 0 Å². The average molecular weight is 400 g/mol. The molecule has 0 aliphatic rings. The molecule has 0 fully saturated rings. The van der Waals surface area contributed by atoms with Crippen LogP contribution in [0.25, 0.3) is 0 Å². The molecule has 0 aliphatic carbocycles. The molecule has 0 N–H and O–H groups in total. The standard InChI is InChI=1S/3Cu.Si.Ta. The minimum absolute atomic E-state index is 0. The molecule has 8 radical (unpaired) electrons. The van der Waals surface area contributed by atoms with E-state index < -0.39 is 0 Å². The summed E-state index contributed by atoms with van der Waals surface area (Å²) in [6.07, 6.45) is 0. The predicted molar refractivity (Wildman–Crippen MR) is 5.75 cm³/mol. The third-order valence-corrected chi connectivity index (χ3v) is 0. The molecule has 0 aliphatic heterocycles. The second-order valence-electron chi connectivity index (χ2n) is 0. The summed E-state index contributed by atoms with van der Waals surface area (Å²) in [7, 11) is 0. The zero-order valence-corrected chi connectivity index (χ0v) is 8.89. The first-order chi connectivity index (χ1) is 0. The summed E-state index contributed by atoms with van der Waals surface area (Å²) in [6, 6.07) is 0. The molecule has 0 aromatic carbocycles. The van der Waals surface area contributed by atoms with Crippen molar-refractivity contribution < 1.29 is 73.6 Å². The van der Waals surface area contributed by atoms with Crippen LogP contribution in [0.3, 0.4) is 0 Å². The van der Waals surface area contributed by atoms with Gasteiger partial charge in [0.2, 0.25) is 0 Å². The van der Waals surface area contributed by atoms with E-state index in [4.69, 9.17) is 0 Å². The van der Waals surface area contributed by atoms with E-state index in [0.29, 0.717) is 0 Å². The van der Waals surface area contributed by atoms with E-state index in [0.717, 1.165) is 0 Å². The molecule has 0 unspecified atom stereocenters. The quantitative estimate of drug-likeness (QED) is 0.487. The molecule has 0 spiro atoms. The molecule has 0 aromatic rings. The van der Waals surface area contributed by atoms with E-state index >= 15 is 0 Å². The van der Waals surface area contributed by atoms with Gasteiger partial charge in [-0.05, 0) is 0 Å². The van der Waals surface area contributed by atoms with E-state index in [-0.39, 0.29) is 84.6 Å². The Balaban J connectivity index is 0. The van der Waals surface area contributed by atoms with Gasteiger partial charge in [0.1, 0.15) is 0 Å². The molecule has 0 bridgehead atoms. The van der Waals surface area contributed by atoms with Gasteiger partial charge in [-0.25, -0.2) is 0 Å². The minimum Gasteiger partial charge on any atom is 0 e. The van der Waals surface area contributed by atoms with Crippen LogP contribution in [0.15, 0.2) is 0 Å². The summed E-state index contributed by atoms with van der Waals surface area (Å²) in [6.45, 7) is 0. The van der Waals surface area contributed by atoms with Crippen molar-refractivity contribution in [1.82, 2.24) is 0 Å². The zero-order valence-electron chi connectivity index (χ0n) is 1.85. The van der Waals surface area contributed by atoms with Crippen molar-refractivity contribution in [3.63, 3.8) is 0 Å². The molecular weight excluding hydrogens is 400 g/mol. The average Bonchev–Trinajstić information content (AvgIpc) is 0. The van der Waals surface area contributed by atoms with E-state index in [1.807, 2.05) is 0 Å². The topological polar surface area (TPSA) is 0 Å². The number of hydrogen-bond acceptors (Lipinski definition) is 0. The maximum absolute atomic E-state index is 0. The van der Waals surface area contributed by atoms with Gasteiger partial charge in [0.05, 0.1) is 0 Å². The molecule has 0 aromatic heterocycles. The Hall–Kier alpha value is 2.52. The van der Waals surface area contributed by atoms with Crippen molar-refractivity contribution in [2.24, 2.45) is 0 Å². The van der Waals surface area contributed by atoms with E-state index in [2.05, 4.69) is 0 Å². The Kier molecular flexibility index (Phi) is 316. The second-order valence-corrected chi connectivity index (χ2v) is 0. The molecule has 0 heterocycles. The van der Waals surface area contributed by atoms with Crippen LogP contribution in [0.1, 0.15) is 0 Å². The van der Waals surface area contributed by atoms with Gasteiger partial charge in [0.25, 0.3) is 0 Å². The molecule has 0 saturated carbocycles. The zero-order chi connectivity index (χ0) is 0. The molecule has 0 amide bonds. The Morgan fingerprint density at radius 3 is 0.600 bits per heavy atom. The van der Waals surface area contributed by atoms with Crippen molar-refractivity contribution >= 4 is 11.0 Å². The Bertz CT molecular complexity index is 6.85. The van der Waals surface area contributed by atoms with Crippen LogP contribution in [0, 0.1) is 0 Å². The number of rotatable bonds is 0. The normalized spacial score (nSPS) is 0. The van der Waals surface area contributed by atoms with Crippen LogP contribution in [0.4, 0.5) is 0 Å². The predicted octanol–water partition coefficient (Wildman–Crippen LogP) is -0.391. The van der Waals surface area contributed by atoms with Gasteiger partial charge in [-0.15, -0.1) is 0 Å². The van der Waals surface area contributed by atoms with Gasteiger partial charge in [0.15, 0.2) is 0 Å². The van der Waals surface area contributed by atoms with Crippen LogP contribution in [-0.2, 0) is 73.6 Å². The summed E-state index contributed by atoms with van der Waals surface area (Å²) in [5.41, 5.74) is 0. The van der Waals surface area contributed by atoms with Crippen LogP contribution in [0.5, 0.6) is 0 Å². The smallest absolute Gasteiger partial charge is 0 e. The monoisotopic (exact) mass is 398 g/mol. The summed E-state index contributed by atoms with van der Waals surface area (Å²) in [4.78, 5) is 0. The first-order valence-electron chi connectivity index (χ1n) is 0. The van der Waals surface area contributed by atoms with Crippen molar-refractivity contribution in [3.8, 4) is 0 Å². The van der Waals surface area contributed by atoms with Crippen molar-refractivity contribution in [1.29, 1.82) is 0 Å². The second kappa shape index (κ2) is 31.3. The maximum atomic E-state index is 0. The van der Waals surface area contributed by atoms with Crippen LogP contribution in [0.2, 0.25) is 0 Å². The molecule has 42 valence electrons. The molecule has 0 saturated heterocycles. The maximum Gasteiger partial charge on any atom is 0 e. The molecule has 0 atom stereocenters. The van der Waals surface area contributed by atoms with E-state index in [1.165, 1.54) is 0 Å². The van der Waals surface area contributed by atoms with Gasteiger partial charge in [-0.2, -0.15) is 0 Å². The SMILES string of the molecule is [Cu].[Cu].[Cu].[Si].[Ta]. The Labute approximate surface area is 83.6 Å². The summed E-state index contributed by atoms with van der Waals surface area (Å²) >= 11 is 0. The first kappa shape index (κ1) is 50.4. The van der Waals surface area contributed by atoms with Crippen LogP contribution < -0.4 is 0 Å². The van der Waals surface area contributed by atoms with Gasteiger partial charge in [-0.3, -0.25) is 0 Å². The third kappa shape index (κ3) is 21.0. The van der Waals surface area contributed by atoms with Gasteiger partial charge in [0, 0.05) is 84.6 Å². The Morgan fingerprint density at radius 2 is 0.600 bits per heavy atom. The van der Waals surface area contributed by atoms with E-state index in [9.17, 15) is 0 Å². The third-order valence-electron chi connectivity index (χ3n) is 0. The number of hydrogen-bond donors (Lipinski definition) is 0. The minimum atomic E-state index is 0. The Morgan fingerprint density at radius 1 is 0.600 bits per heavy atom.